The van der Waals surface area contributed by atoms with Gasteiger partial charge in [-0.3, -0.25) is 4.79 Å². The number of hydrogen-bond donors (Lipinski definition) is 2. The molecular formula is C16H24ClN3O. The molecule has 1 atom stereocenters. The Morgan fingerprint density at radius 3 is 2.86 bits per heavy atom. The number of carbonyl (C=O) groups excluding carboxylic acids is 1. The Morgan fingerprint density at radius 1 is 1.43 bits per heavy atom. The number of anilines is 1. The highest BCUT2D eigenvalue weighted by Crippen LogP contribution is 2.35. The monoisotopic (exact) mass is 309 g/mol. The molecule has 1 amide bonds. The quantitative estimate of drug-likeness (QED) is 0.888. The fourth-order valence-electron chi connectivity index (χ4n) is 2.87. The van der Waals surface area contributed by atoms with Gasteiger partial charge in [-0.25, -0.2) is 4.98 Å². The summed E-state index contributed by atoms with van der Waals surface area (Å²) >= 11 is 6.13. The van der Waals surface area contributed by atoms with Gasteiger partial charge in [0.15, 0.2) is 0 Å². The van der Waals surface area contributed by atoms with Crippen LogP contribution in [0.25, 0.3) is 0 Å². The van der Waals surface area contributed by atoms with E-state index in [1.54, 1.807) is 12.1 Å². The van der Waals surface area contributed by atoms with Crippen LogP contribution in [0.4, 0.5) is 5.82 Å². The number of hydrogen-bond acceptors (Lipinski definition) is 3. The van der Waals surface area contributed by atoms with Gasteiger partial charge in [-0.1, -0.05) is 38.3 Å². The molecule has 116 valence electrons. The lowest BCUT2D eigenvalue weighted by Gasteiger charge is -2.39. The number of pyridine rings is 1. The Labute approximate surface area is 131 Å². The highest BCUT2D eigenvalue weighted by Gasteiger charge is 2.33. The van der Waals surface area contributed by atoms with Crippen LogP contribution in [0.2, 0.25) is 5.02 Å². The van der Waals surface area contributed by atoms with Crippen molar-refractivity contribution in [3.05, 3.63) is 22.8 Å². The normalized spacial score (nSPS) is 20.9. The summed E-state index contributed by atoms with van der Waals surface area (Å²) in [6.07, 6.45) is 4.54. The molecule has 0 aromatic carbocycles. The predicted octanol–water partition coefficient (Wildman–Crippen LogP) is 3.87. The van der Waals surface area contributed by atoms with Crippen LogP contribution < -0.4 is 10.6 Å². The lowest BCUT2D eigenvalue weighted by atomic mass is 9.73. The first-order chi connectivity index (χ1) is 9.94. The van der Waals surface area contributed by atoms with Crippen molar-refractivity contribution >= 4 is 23.3 Å². The van der Waals surface area contributed by atoms with Crippen molar-refractivity contribution in [1.29, 1.82) is 0 Å². The highest BCUT2D eigenvalue weighted by atomic mass is 35.5. The third kappa shape index (κ3) is 3.88. The van der Waals surface area contributed by atoms with Gasteiger partial charge in [0.05, 0.1) is 5.02 Å². The number of amides is 1. The molecule has 0 radical (unpaired) electrons. The summed E-state index contributed by atoms with van der Waals surface area (Å²) in [5.74, 6) is 0.495. The molecule has 0 spiro atoms. The van der Waals surface area contributed by atoms with E-state index in [-0.39, 0.29) is 17.4 Å². The Morgan fingerprint density at radius 2 is 2.19 bits per heavy atom. The second-order valence-corrected chi connectivity index (χ2v) is 6.72. The minimum atomic E-state index is -0.181. The van der Waals surface area contributed by atoms with Crippen molar-refractivity contribution in [2.24, 2.45) is 5.41 Å². The van der Waals surface area contributed by atoms with Crippen LogP contribution in [0.15, 0.2) is 12.1 Å². The van der Waals surface area contributed by atoms with E-state index in [0.717, 1.165) is 25.8 Å². The van der Waals surface area contributed by atoms with E-state index < -0.39 is 0 Å². The van der Waals surface area contributed by atoms with Crippen LogP contribution in [0.3, 0.4) is 0 Å². The molecule has 1 aliphatic carbocycles. The summed E-state index contributed by atoms with van der Waals surface area (Å²) in [7, 11) is 0. The van der Waals surface area contributed by atoms with E-state index >= 15 is 0 Å². The van der Waals surface area contributed by atoms with Gasteiger partial charge in [0.25, 0.3) is 5.91 Å². The smallest absolute Gasteiger partial charge is 0.271 e. The van der Waals surface area contributed by atoms with Crippen molar-refractivity contribution in [2.45, 2.75) is 52.5 Å². The van der Waals surface area contributed by atoms with E-state index in [1.807, 2.05) is 6.92 Å². The average Bonchev–Trinajstić information content (AvgIpc) is 2.43. The first-order valence-electron chi connectivity index (χ1n) is 7.65. The highest BCUT2D eigenvalue weighted by molar-refractivity contribution is 6.33. The van der Waals surface area contributed by atoms with Crippen molar-refractivity contribution in [3.8, 4) is 0 Å². The molecule has 1 heterocycles. The lowest BCUT2D eigenvalue weighted by molar-refractivity contribution is 0.0849. The van der Waals surface area contributed by atoms with Gasteiger partial charge in [0, 0.05) is 12.6 Å². The Bertz CT molecular complexity index is 516. The summed E-state index contributed by atoms with van der Waals surface area (Å²) < 4.78 is 0. The number of carbonyl (C=O) groups is 1. The van der Waals surface area contributed by atoms with Gasteiger partial charge in [-0.05, 0) is 37.3 Å². The maximum atomic E-state index is 12.5. The van der Waals surface area contributed by atoms with E-state index in [0.29, 0.717) is 16.5 Å². The van der Waals surface area contributed by atoms with Crippen LogP contribution in [0, 0.1) is 5.41 Å². The van der Waals surface area contributed by atoms with Crippen molar-refractivity contribution in [2.75, 3.05) is 11.9 Å². The predicted molar refractivity (Wildman–Crippen MR) is 86.9 cm³/mol. The van der Waals surface area contributed by atoms with E-state index in [1.165, 1.54) is 6.42 Å². The molecule has 0 saturated heterocycles. The number of aromatic nitrogens is 1. The fourth-order valence-corrected chi connectivity index (χ4v) is 3.06. The maximum absolute atomic E-state index is 12.5. The average molecular weight is 310 g/mol. The van der Waals surface area contributed by atoms with Crippen LogP contribution in [-0.4, -0.2) is 23.5 Å². The van der Waals surface area contributed by atoms with Gasteiger partial charge < -0.3 is 10.6 Å². The van der Waals surface area contributed by atoms with Crippen LogP contribution in [0.1, 0.15) is 56.9 Å². The first-order valence-corrected chi connectivity index (χ1v) is 8.03. The van der Waals surface area contributed by atoms with Gasteiger partial charge in [-0.15, -0.1) is 0 Å². The summed E-state index contributed by atoms with van der Waals surface area (Å²) in [6.45, 7) is 7.16. The molecule has 1 aromatic rings. The Hall–Kier alpha value is -1.29. The first kappa shape index (κ1) is 16.1. The lowest BCUT2D eigenvalue weighted by Crippen LogP contribution is -2.47. The van der Waals surface area contributed by atoms with E-state index in [2.05, 4.69) is 29.5 Å². The van der Waals surface area contributed by atoms with Gasteiger partial charge in [-0.2, -0.15) is 0 Å². The number of rotatable bonds is 4. The Kier molecular flexibility index (Phi) is 5.09. The molecule has 4 nitrogen and oxygen atoms in total. The summed E-state index contributed by atoms with van der Waals surface area (Å²) in [6, 6.07) is 3.68. The fraction of sp³-hybridized carbons (Fsp3) is 0.625. The maximum Gasteiger partial charge on any atom is 0.271 e. The van der Waals surface area contributed by atoms with Crippen LogP contribution in [-0.2, 0) is 0 Å². The molecule has 1 aliphatic rings. The zero-order chi connectivity index (χ0) is 15.5. The molecule has 2 rings (SSSR count). The van der Waals surface area contributed by atoms with Gasteiger partial charge in [0.2, 0.25) is 0 Å². The largest absolute Gasteiger partial charge is 0.370 e. The second-order valence-electron chi connectivity index (χ2n) is 6.32. The number of halogens is 1. The molecule has 1 fully saturated rings. The van der Waals surface area contributed by atoms with Crippen molar-refractivity contribution in [1.82, 2.24) is 10.3 Å². The van der Waals surface area contributed by atoms with E-state index in [4.69, 9.17) is 11.6 Å². The third-order valence-corrected chi connectivity index (χ3v) is 4.54. The number of nitrogens with zero attached hydrogens (tertiary/aromatic N) is 1. The summed E-state index contributed by atoms with van der Waals surface area (Å²) in [4.78, 5) is 16.8. The molecule has 1 aromatic heterocycles. The van der Waals surface area contributed by atoms with Crippen molar-refractivity contribution in [3.63, 3.8) is 0 Å². The molecule has 5 heteroatoms. The summed E-state index contributed by atoms with van der Waals surface area (Å²) in [5.41, 5.74) is 0.427. The van der Waals surface area contributed by atoms with Gasteiger partial charge >= 0.3 is 0 Å². The molecule has 21 heavy (non-hydrogen) atoms. The molecule has 1 saturated carbocycles. The minimum Gasteiger partial charge on any atom is -0.370 e. The van der Waals surface area contributed by atoms with Crippen molar-refractivity contribution < 1.29 is 4.79 Å². The minimum absolute atomic E-state index is 0.125. The van der Waals surface area contributed by atoms with Crippen LogP contribution >= 0.6 is 11.6 Å². The molecular weight excluding hydrogens is 286 g/mol. The van der Waals surface area contributed by atoms with Gasteiger partial charge in [0.1, 0.15) is 11.5 Å². The molecule has 0 bridgehead atoms. The second kappa shape index (κ2) is 6.65. The SMILES string of the molecule is CCNc1ccc(Cl)c(C(=O)NC2CCCCC2(C)C)n1. The zero-order valence-electron chi connectivity index (χ0n) is 13.0. The number of nitrogens with one attached hydrogen (secondary N) is 2. The topological polar surface area (TPSA) is 54.0 Å². The third-order valence-electron chi connectivity index (χ3n) is 4.23. The molecule has 2 N–H and O–H groups in total. The zero-order valence-corrected chi connectivity index (χ0v) is 13.8. The molecule has 0 aliphatic heterocycles. The standard InChI is InChI=1S/C16H24ClN3O/c1-4-18-13-9-8-11(17)14(20-13)15(21)19-12-7-5-6-10-16(12,2)3/h8-9,12H,4-7,10H2,1-3H3,(H,18,20)(H,19,21). The summed E-state index contributed by atoms with van der Waals surface area (Å²) in [5, 5.41) is 6.61. The van der Waals surface area contributed by atoms with Crippen LogP contribution in [0.5, 0.6) is 0 Å². The Balaban J connectivity index is 2.14. The van der Waals surface area contributed by atoms with E-state index in [9.17, 15) is 4.79 Å². The molecule has 1 unspecified atom stereocenters.